The highest BCUT2D eigenvalue weighted by molar-refractivity contribution is 8.00. The number of benzene rings is 2. The molecule has 0 aliphatic heterocycles. The number of aromatic nitrogens is 3. The smallest absolute Gasteiger partial charge is 0.196 e. The Hall–Kier alpha value is -2.47. The molecule has 0 unspecified atom stereocenters. The van der Waals surface area contributed by atoms with E-state index in [4.69, 9.17) is 0 Å². The van der Waals surface area contributed by atoms with Crippen molar-refractivity contribution in [2.45, 2.75) is 42.5 Å². The Balaban J connectivity index is 1.70. The molecule has 2 aromatic carbocycles. The predicted molar refractivity (Wildman–Crippen MR) is 104 cm³/mol. The van der Waals surface area contributed by atoms with Gasteiger partial charge in [-0.05, 0) is 42.7 Å². The summed E-state index contributed by atoms with van der Waals surface area (Å²) in [6, 6.07) is 16.4. The summed E-state index contributed by atoms with van der Waals surface area (Å²) in [5, 5.41) is 9.37. The van der Waals surface area contributed by atoms with Crippen LogP contribution in [0.5, 0.6) is 0 Å². The zero-order valence-corrected chi connectivity index (χ0v) is 15.7. The lowest BCUT2D eigenvalue weighted by Crippen LogP contribution is -2.22. The second kappa shape index (κ2) is 8.05. The first-order valence-electron chi connectivity index (χ1n) is 9.14. The topological polar surface area (TPSA) is 47.8 Å². The Kier molecular flexibility index (Phi) is 5.34. The SMILES string of the molecule is O=C1CCCC[C@@H]1Sc1nnc(Cc2ccccc2)n1-c1ccc(F)cc1. The van der Waals surface area contributed by atoms with Crippen LogP contribution in [0.25, 0.3) is 5.69 Å². The molecule has 0 N–H and O–H groups in total. The number of nitrogens with zero attached hydrogens (tertiary/aromatic N) is 3. The van der Waals surface area contributed by atoms with Gasteiger partial charge in [0.05, 0.1) is 5.25 Å². The van der Waals surface area contributed by atoms with Crippen LogP contribution in [0.1, 0.15) is 37.1 Å². The number of halogens is 1. The second-order valence-electron chi connectivity index (χ2n) is 6.69. The minimum Gasteiger partial charge on any atom is -0.298 e. The van der Waals surface area contributed by atoms with Gasteiger partial charge in [-0.1, -0.05) is 48.5 Å². The van der Waals surface area contributed by atoms with Crippen LogP contribution in [0.2, 0.25) is 0 Å². The van der Waals surface area contributed by atoms with E-state index < -0.39 is 0 Å². The van der Waals surface area contributed by atoms with Gasteiger partial charge >= 0.3 is 0 Å². The fraction of sp³-hybridized carbons (Fsp3) is 0.286. The molecule has 1 fully saturated rings. The maximum atomic E-state index is 13.4. The molecule has 0 bridgehead atoms. The third kappa shape index (κ3) is 4.11. The van der Waals surface area contributed by atoms with Crippen LogP contribution in [0.4, 0.5) is 4.39 Å². The molecule has 138 valence electrons. The van der Waals surface area contributed by atoms with E-state index in [0.29, 0.717) is 18.0 Å². The van der Waals surface area contributed by atoms with Crippen LogP contribution in [-0.4, -0.2) is 25.8 Å². The highest BCUT2D eigenvalue weighted by atomic mass is 32.2. The lowest BCUT2D eigenvalue weighted by atomic mass is 9.99. The number of carbonyl (C=O) groups excluding carboxylic acids is 1. The van der Waals surface area contributed by atoms with Crippen LogP contribution < -0.4 is 0 Å². The third-order valence-corrected chi connectivity index (χ3v) is 5.99. The summed E-state index contributed by atoms with van der Waals surface area (Å²) < 4.78 is 15.4. The number of thioether (sulfide) groups is 1. The predicted octanol–water partition coefficient (Wildman–Crippen LogP) is 4.60. The third-order valence-electron chi connectivity index (χ3n) is 4.74. The molecule has 1 saturated carbocycles. The molecule has 1 aliphatic rings. The Morgan fingerprint density at radius 3 is 2.56 bits per heavy atom. The zero-order valence-electron chi connectivity index (χ0n) is 14.8. The Bertz CT molecular complexity index is 924. The number of Topliss-reactive ketones (excluding diaryl/α,β-unsaturated/α-hetero) is 1. The maximum Gasteiger partial charge on any atom is 0.196 e. The molecule has 1 atom stereocenters. The number of hydrogen-bond donors (Lipinski definition) is 0. The van der Waals surface area contributed by atoms with E-state index in [-0.39, 0.29) is 16.9 Å². The van der Waals surface area contributed by atoms with E-state index in [9.17, 15) is 9.18 Å². The number of carbonyl (C=O) groups is 1. The van der Waals surface area contributed by atoms with Crippen molar-refractivity contribution < 1.29 is 9.18 Å². The monoisotopic (exact) mass is 381 g/mol. The summed E-state index contributed by atoms with van der Waals surface area (Å²) >= 11 is 1.48. The van der Waals surface area contributed by atoms with Gasteiger partial charge in [0.2, 0.25) is 0 Å². The average Bonchev–Trinajstić information content (AvgIpc) is 3.07. The second-order valence-corrected chi connectivity index (χ2v) is 7.86. The summed E-state index contributed by atoms with van der Waals surface area (Å²) in [7, 11) is 0. The van der Waals surface area contributed by atoms with Crippen molar-refractivity contribution in [2.75, 3.05) is 0 Å². The Labute approximate surface area is 161 Å². The van der Waals surface area contributed by atoms with Crippen LogP contribution in [0, 0.1) is 5.82 Å². The van der Waals surface area contributed by atoms with E-state index in [1.54, 1.807) is 12.1 Å². The van der Waals surface area contributed by atoms with E-state index in [0.717, 1.165) is 36.3 Å². The van der Waals surface area contributed by atoms with Crippen molar-refractivity contribution in [1.82, 2.24) is 14.8 Å². The molecule has 3 aromatic rings. The number of hydrogen-bond acceptors (Lipinski definition) is 4. The van der Waals surface area contributed by atoms with Gasteiger partial charge in [-0.25, -0.2) is 4.39 Å². The molecule has 0 amide bonds. The van der Waals surface area contributed by atoms with E-state index in [1.165, 1.54) is 23.9 Å². The summed E-state index contributed by atoms with van der Waals surface area (Å²) in [5.74, 6) is 0.774. The highest BCUT2D eigenvalue weighted by Gasteiger charge is 2.26. The number of rotatable bonds is 5. The maximum absolute atomic E-state index is 13.4. The standard InChI is InChI=1S/C21H20FN3OS/c22-16-10-12-17(13-11-16)25-20(14-15-6-2-1-3-7-15)23-24-21(25)27-19-9-5-4-8-18(19)26/h1-3,6-7,10-13,19H,4-5,8-9,14H2/t19-/m0/s1. The lowest BCUT2D eigenvalue weighted by molar-refractivity contribution is -0.119. The first kappa shape index (κ1) is 17.9. The first-order valence-corrected chi connectivity index (χ1v) is 10.0. The van der Waals surface area contributed by atoms with E-state index in [2.05, 4.69) is 10.2 Å². The minimum absolute atomic E-state index is 0.0771. The van der Waals surface area contributed by atoms with Crippen LogP contribution in [0.15, 0.2) is 59.8 Å². The fourth-order valence-electron chi connectivity index (χ4n) is 3.32. The average molecular weight is 381 g/mol. The molecule has 4 nitrogen and oxygen atoms in total. The first-order chi connectivity index (χ1) is 13.2. The van der Waals surface area contributed by atoms with Gasteiger partial charge in [-0.2, -0.15) is 0 Å². The zero-order chi connectivity index (χ0) is 18.6. The molecule has 1 heterocycles. The van der Waals surface area contributed by atoms with Crippen molar-refractivity contribution in [1.29, 1.82) is 0 Å². The Morgan fingerprint density at radius 2 is 1.81 bits per heavy atom. The molecule has 0 radical (unpaired) electrons. The quantitative estimate of drug-likeness (QED) is 0.648. The number of ketones is 1. The minimum atomic E-state index is -0.284. The van der Waals surface area contributed by atoms with E-state index >= 15 is 0 Å². The van der Waals surface area contributed by atoms with Crippen molar-refractivity contribution in [3.05, 3.63) is 71.8 Å². The van der Waals surface area contributed by atoms with Crippen LogP contribution >= 0.6 is 11.8 Å². The van der Waals surface area contributed by atoms with Crippen molar-refractivity contribution in [3.63, 3.8) is 0 Å². The van der Waals surface area contributed by atoms with Gasteiger partial charge < -0.3 is 0 Å². The molecule has 27 heavy (non-hydrogen) atoms. The molecule has 1 aromatic heterocycles. The van der Waals surface area contributed by atoms with Crippen molar-refractivity contribution in [3.8, 4) is 5.69 Å². The Morgan fingerprint density at radius 1 is 1.04 bits per heavy atom. The van der Waals surface area contributed by atoms with Crippen LogP contribution in [0.3, 0.4) is 0 Å². The molecular formula is C21H20FN3OS. The van der Waals surface area contributed by atoms with E-state index in [1.807, 2.05) is 34.9 Å². The van der Waals surface area contributed by atoms with Crippen LogP contribution in [-0.2, 0) is 11.2 Å². The molecule has 1 aliphatic carbocycles. The van der Waals surface area contributed by atoms with Crippen molar-refractivity contribution >= 4 is 17.5 Å². The highest BCUT2D eigenvalue weighted by Crippen LogP contribution is 2.32. The summed E-state index contributed by atoms with van der Waals surface area (Å²) in [6.45, 7) is 0. The fourth-order valence-corrected chi connectivity index (χ4v) is 4.51. The lowest BCUT2D eigenvalue weighted by Gasteiger charge is -2.20. The molecule has 4 rings (SSSR count). The van der Waals surface area contributed by atoms with Gasteiger partial charge in [0.15, 0.2) is 5.16 Å². The van der Waals surface area contributed by atoms with Gasteiger partial charge in [0.25, 0.3) is 0 Å². The summed E-state index contributed by atoms with van der Waals surface area (Å²) in [5.41, 5.74) is 1.93. The molecule has 6 heteroatoms. The van der Waals surface area contributed by atoms with Gasteiger partial charge in [0.1, 0.15) is 17.4 Å². The largest absolute Gasteiger partial charge is 0.298 e. The molecule has 0 saturated heterocycles. The van der Waals surface area contributed by atoms with Gasteiger partial charge in [0, 0.05) is 18.5 Å². The summed E-state index contributed by atoms with van der Waals surface area (Å²) in [4.78, 5) is 12.3. The molecular weight excluding hydrogens is 361 g/mol. The van der Waals surface area contributed by atoms with Crippen molar-refractivity contribution in [2.24, 2.45) is 0 Å². The van der Waals surface area contributed by atoms with Gasteiger partial charge in [-0.15, -0.1) is 10.2 Å². The normalized spacial score (nSPS) is 17.2. The molecule has 0 spiro atoms. The van der Waals surface area contributed by atoms with Gasteiger partial charge in [-0.3, -0.25) is 9.36 Å². The summed E-state index contributed by atoms with van der Waals surface area (Å²) in [6.07, 6.45) is 4.15.